The number of benzene rings is 1. The number of hydrogen-bond acceptors (Lipinski definition) is 3. The van der Waals surface area contributed by atoms with Crippen LogP contribution in [0.4, 0.5) is 5.69 Å². The normalized spacial score (nSPS) is 14.2. The van der Waals surface area contributed by atoms with E-state index in [-0.39, 0.29) is 12.5 Å². The summed E-state index contributed by atoms with van der Waals surface area (Å²) in [7, 11) is 1.59. The van der Waals surface area contributed by atoms with E-state index in [1.165, 1.54) is 0 Å². The largest absolute Gasteiger partial charge is 0.497 e. The molecule has 4 heteroatoms. The Hall–Kier alpha value is -1.84. The lowest BCUT2D eigenvalue weighted by Gasteiger charge is -2.06. The molecular weight excluding hydrogens is 180 g/mol. The van der Waals surface area contributed by atoms with Crippen LogP contribution in [0.25, 0.3) is 0 Å². The Kier molecular flexibility index (Phi) is 2.18. The Bertz CT molecular complexity index is 399. The Morgan fingerprint density at radius 2 is 2.36 bits per heavy atom. The van der Waals surface area contributed by atoms with Gasteiger partial charge in [0.25, 0.3) is 0 Å². The van der Waals surface area contributed by atoms with Gasteiger partial charge in [-0.3, -0.25) is 9.79 Å². The van der Waals surface area contributed by atoms with Gasteiger partial charge in [0.15, 0.2) is 0 Å². The molecule has 4 nitrogen and oxygen atoms in total. The number of benzodiazepines with no additional fused rings is 1. The summed E-state index contributed by atoms with van der Waals surface area (Å²) in [5.74, 6) is 0.618. The van der Waals surface area contributed by atoms with Crippen molar-refractivity contribution in [2.45, 2.75) is 0 Å². The molecule has 1 amide bonds. The predicted molar refractivity (Wildman–Crippen MR) is 54.1 cm³/mol. The average molecular weight is 190 g/mol. The van der Waals surface area contributed by atoms with Gasteiger partial charge in [-0.25, -0.2) is 0 Å². The van der Waals surface area contributed by atoms with Gasteiger partial charge in [-0.2, -0.15) is 0 Å². The Morgan fingerprint density at radius 1 is 1.50 bits per heavy atom. The van der Waals surface area contributed by atoms with E-state index in [1.807, 2.05) is 12.1 Å². The molecule has 0 atom stereocenters. The third kappa shape index (κ3) is 1.59. The summed E-state index contributed by atoms with van der Waals surface area (Å²) in [5, 5.41) is 2.75. The number of fused-ring (bicyclic) bond motifs is 1. The van der Waals surface area contributed by atoms with Crippen molar-refractivity contribution >= 4 is 17.8 Å². The third-order valence-electron chi connectivity index (χ3n) is 2.00. The van der Waals surface area contributed by atoms with Crippen LogP contribution in [0, 0.1) is 0 Å². The molecule has 1 aromatic carbocycles. The molecule has 72 valence electrons. The van der Waals surface area contributed by atoms with Gasteiger partial charge >= 0.3 is 0 Å². The first-order valence-electron chi connectivity index (χ1n) is 4.27. The van der Waals surface area contributed by atoms with Gasteiger partial charge in [0.05, 0.1) is 12.8 Å². The number of anilines is 1. The highest BCUT2D eigenvalue weighted by Crippen LogP contribution is 2.22. The summed E-state index contributed by atoms with van der Waals surface area (Å²) in [6, 6.07) is 5.48. The highest BCUT2D eigenvalue weighted by Gasteiger charge is 2.09. The summed E-state index contributed by atoms with van der Waals surface area (Å²) in [6.45, 7) is 0.178. The van der Waals surface area contributed by atoms with Gasteiger partial charge in [-0.05, 0) is 12.1 Å². The van der Waals surface area contributed by atoms with Gasteiger partial charge in [0.2, 0.25) is 5.91 Å². The number of ether oxygens (including phenoxy) is 1. The number of nitrogens with one attached hydrogen (secondary N) is 1. The number of rotatable bonds is 1. The number of carbonyl (C=O) groups excluding carboxylic acids is 1. The van der Waals surface area contributed by atoms with E-state index < -0.39 is 0 Å². The molecule has 0 saturated heterocycles. The lowest BCUT2D eigenvalue weighted by Crippen LogP contribution is -2.13. The maximum absolute atomic E-state index is 11.2. The SMILES string of the molecule is COc1ccc2c(c1)NC(=O)CN=C2. The Balaban J connectivity index is 2.44. The second-order valence-electron chi connectivity index (χ2n) is 2.97. The van der Waals surface area contributed by atoms with Crippen molar-refractivity contribution in [1.29, 1.82) is 0 Å². The molecule has 1 aliphatic heterocycles. The molecule has 0 fully saturated rings. The van der Waals surface area contributed by atoms with Crippen molar-refractivity contribution in [3.63, 3.8) is 0 Å². The molecule has 0 unspecified atom stereocenters. The first-order valence-corrected chi connectivity index (χ1v) is 4.27. The monoisotopic (exact) mass is 190 g/mol. The lowest BCUT2D eigenvalue weighted by molar-refractivity contribution is -0.114. The van der Waals surface area contributed by atoms with Gasteiger partial charge in [0.1, 0.15) is 12.3 Å². The number of aliphatic imine (C=N–C) groups is 1. The van der Waals surface area contributed by atoms with E-state index in [0.717, 1.165) is 17.0 Å². The zero-order valence-corrected chi connectivity index (χ0v) is 7.78. The highest BCUT2D eigenvalue weighted by atomic mass is 16.5. The van der Waals surface area contributed by atoms with Crippen molar-refractivity contribution < 1.29 is 9.53 Å². The standard InChI is InChI=1S/C10H10N2O2/c1-14-8-3-2-7-5-11-6-10(13)12-9(7)4-8/h2-5H,6H2,1H3,(H,12,13). The quantitative estimate of drug-likeness (QED) is 0.720. The van der Waals surface area contributed by atoms with Gasteiger partial charge in [-0.1, -0.05) is 0 Å². The summed E-state index contributed by atoms with van der Waals surface area (Å²) in [6.07, 6.45) is 1.69. The zero-order chi connectivity index (χ0) is 9.97. The van der Waals surface area contributed by atoms with Crippen molar-refractivity contribution in [3.05, 3.63) is 23.8 Å². The number of carbonyl (C=O) groups is 1. The maximum Gasteiger partial charge on any atom is 0.246 e. The van der Waals surface area contributed by atoms with Crippen LogP contribution in [0.3, 0.4) is 0 Å². The number of methoxy groups -OCH3 is 1. The first-order chi connectivity index (χ1) is 6.79. The van der Waals surface area contributed by atoms with Crippen LogP contribution >= 0.6 is 0 Å². The lowest BCUT2D eigenvalue weighted by atomic mass is 10.2. The highest BCUT2D eigenvalue weighted by molar-refractivity contribution is 6.01. The molecule has 14 heavy (non-hydrogen) atoms. The molecule has 1 aromatic rings. The smallest absolute Gasteiger partial charge is 0.246 e. The van der Waals surface area contributed by atoms with Gasteiger partial charge in [-0.15, -0.1) is 0 Å². The molecule has 0 aromatic heterocycles. The average Bonchev–Trinajstić information content (AvgIpc) is 2.37. The van der Waals surface area contributed by atoms with Gasteiger partial charge in [0, 0.05) is 17.8 Å². The minimum absolute atomic E-state index is 0.103. The van der Waals surface area contributed by atoms with E-state index in [1.54, 1.807) is 19.4 Å². The van der Waals surface area contributed by atoms with E-state index in [2.05, 4.69) is 10.3 Å². The third-order valence-corrected chi connectivity index (χ3v) is 2.00. The van der Waals surface area contributed by atoms with Crippen molar-refractivity contribution in [3.8, 4) is 5.75 Å². The molecule has 0 saturated carbocycles. The van der Waals surface area contributed by atoms with Crippen LogP contribution in [0.1, 0.15) is 5.56 Å². The van der Waals surface area contributed by atoms with Crippen molar-refractivity contribution in [1.82, 2.24) is 0 Å². The Morgan fingerprint density at radius 3 is 3.14 bits per heavy atom. The zero-order valence-electron chi connectivity index (χ0n) is 7.78. The molecule has 1 heterocycles. The van der Waals surface area contributed by atoms with Crippen LogP contribution < -0.4 is 10.1 Å². The maximum atomic E-state index is 11.2. The van der Waals surface area contributed by atoms with Crippen molar-refractivity contribution in [2.75, 3.05) is 19.0 Å². The summed E-state index contributed by atoms with van der Waals surface area (Å²) < 4.78 is 5.06. The van der Waals surface area contributed by atoms with E-state index in [4.69, 9.17) is 4.74 Å². The number of amides is 1. The first kappa shape index (κ1) is 8.74. The van der Waals surface area contributed by atoms with Crippen LogP contribution in [-0.2, 0) is 4.79 Å². The van der Waals surface area contributed by atoms with Crippen LogP contribution in [0.15, 0.2) is 23.2 Å². The van der Waals surface area contributed by atoms with E-state index in [9.17, 15) is 4.79 Å². The fraction of sp³-hybridized carbons (Fsp3) is 0.200. The summed E-state index contributed by atoms with van der Waals surface area (Å²) >= 11 is 0. The minimum Gasteiger partial charge on any atom is -0.497 e. The molecule has 0 aliphatic carbocycles. The second kappa shape index (κ2) is 3.49. The fourth-order valence-electron chi connectivity index (χ4n) is 1.30. The molecule has 0 radical (unpaired) electrons. The molecule has 2 rings (SSSR count). The minimum atomic E-state index is -0.103. The fourth-order valence-corrected chi connectivity index (χ4v) is 1.30. The molecule has 1 aliphatic rings. The van der Waals surface area contributed by atoms with Crippen LogP contribution in [0.2, 0.25) is 0 Å². The van der Waals surface area contributed by atoms with E-state index >= 15 is 0 Å². The molecule has 0 bridgehead atoms. The molecule has 0 spiro atoms. The van der Waals surface area contributed by atoms with E-state index in [0.29, 0.717) is 0 Å². The molecule has 1 N–H and O–H groups in total. The Labute approximate surface area is 81.6 Å². The summed E-state index contributed by atoms with van der Waals surface area (Å²) in [4.78, 5) is 15.2. The second-order valence-corrected chi connectivity index (χ2v) is 2.97. The topological polar surface area (TPSA) is 50.7 Å². The summed E-state index contributed by atoms with van der Waals surface area (Å²) in [5.41, 5.74) is 1.65. The number of nitrogens with zero attached hydrogens (tertiary/aromatic N) is 1. The number of hydrogen-bond donors (Lipinski definition) is 1. The predicted octanol–water partition coefficient (Wildman–Crippen LogP) is 1.07. The van der Waals surface area contributed by atoms with Gasteiger partial charge < -0.3 is 10.1 Å². The van der Waals surface area contributed by atoms with Crippen LogP contribution in [-0.4, -0.2) is 25.8 Å². The van der Waals surface area contributed by atoms with Crippen molar-refractivity contribution in [2.24, 2.45) is 4.99 Å². The van der Waals surface area contributed by atoms with Crippen LogP contribution in [0.5, 0.6) is 5.75 Å². The molecular formula is C10H10N2O2.